The van der Waals surface area contributed by atoms with Crippen molar-refractivity contribution in [2.24, 2.45) is 0 Å². The van der Waals surface area contributed by atoms with Gasteiger partial charge in [0.05, 0.1) is 11.3 Å². The molecule has 2 aromatic heterocycles. The summed E-state index contributed by atoms with van der Waals surface area (Å²) in [5.74, 6) is 1.18. The predicted molar refractivity (Wildman–Crippen MR) is 104 cm³/mol. The van der Waals surface area contributed by atoms with E-state index in [0.29, 0.717) is 6.54 Å². The molecule has 0 aliphatic rings. The zero-order valence-electron chi connectivity index (χ0n) is 13.8. The van der Waals surface area contributed by atoms with Crippen LogP contribution in [0, 0.1) is 0 Å². The second-order valence-corrected chi connectivity index (χ2v) is 6.68. The van der Waals surface area contributed by atoms with Crippen LogP contribution in [0.2, 0.25) is 0 Å². The molecule has 4 rings (SSSR count). The molecule has 26 heavy (non-hydrogen) atoms. The highest BCUT2D eigenvalue weighted by atomic mass is 32.1. The highest BCUT2D eigenvalue weighted by molar-refractivity contribution is 7.07. The van der Waals surface area contributed by atoms with Gasteiger partial charge >= 0.3 is 0 Å². The molecule has 0 radical (unpaired) electrons. The normalized spacial score (nSPS) is 10.8. The number of benzene rings is 2. The van der Waals surface area contributed by atoms with Crippen molar-refractivity contribution in [3.63, 3.8) is 0 Å². The molecular weight excluding hydrogens is 346 g/mol. The maximum atomic E-state index is 9.60. The van der Waals surface area contributed by atoms with E-state index in [-0.39, 0.29) is 11.5 Å². The molecule has 5 nitrogen and oxygen atoms in total. The van der Waals surface area contributed by atoms with Crippen LogP contribution in [0.15, 0.2) is 65.4 Å². The predicted octanol–water partition coefficient (Wildman–Crippen LogP) is 4.83. The molecule has 0 spiro atoms. The number of aromatic hydroxyl groups is 2. The minimum Gasteiger partial charge on any atom is -0.508 e. The lowest BCUT2D eigenvalue weighted by atomic mass is 10.0. The Morgan fingerprint density at radius 1 is 0.885 bits per heavy atom. The van der Waals surface area contributed by atoms with Gasteiger partial charge in [0, 0.05) is 12.1 Å². The lowest BCUT2D eigenvalue weighted by molar-refractivity contribution is 0.475. The first-order valence-corrected chi connectivity index (χ1v) is 9.07. The van der Waals surface area contributed by atoms with E-state index in [2.05, 4.69) is 27.0 Å². The summed E-state index contributed by atoms with van der Waals surface area (Å²) in [5.41, 5.74) is 4.82. The first kappa shape index (κ1) is 16.2. The number of nitrogens with one attached hydrogen (secondary N) is 2. The highest BCUT2D eigenvalue weighted by Gasteiger charge is 2.17. The van der Waals surface area contributed by atoms with Gasteiger partial charge in [-0.15, -0.1) is 0 Å². The Labute approximate surface area is 154 Å². The van der Waals surface area contributed by atoms with Gasteiger partial charge in [-0.1, -0.05) is 12.1 Å². The largest absolute Gasteiger partial charge is 0.508 e. The molecule has 0 fully saturated rings. The van der Waals surface area contributed by atoms with Crippen LogP contribution in [0.1, 0.15) is 5.56 Å². The van der Waals surface area contributed by atoms with Crippen LogP contribution in [0.3, 0.4) is 0 Å². The minimum absolute atomic E-state index is 0.218. The fourth-order valence-electron chi connectivity index (χ4n) is 2.80. The Morgan fingerprint density at radius 3 is 2.15 bits per heavy atom. The molecule has 4 aromatic rings. The summed E-state index contributed by atoms with van der Waals surface area (Å²) >= 11 is 1.66. The van der Waals surface area contributed by atoms with Crippen LogP contribution in [-0.2, 0) is 6.54 Å². The van der Waals surface area contributed by atoms with Crippen LogP contribution in [-0.4, -0.2) is 20.4 Å². The molecule has 0 saturated carbocycles. The molecule has 0 bridgehead atoms. The second-order valence-electron chi connectivity index (χ2n) is 5.90. The maximum Gasteiger partial charge on any atom is 0.156 e. The van der Waals surface area contributed by atoms with Gasteiger partial charge < -0.3 is 15.5 Å². The number of hydrogen-bond acceptors (Lipinski definition) is 5. The third-order valence-electron chi connectivity index (χ3n) is 4.12. The van der Waals surface area contributed by atoms with Crippen LogP contribution >= 0.6 is 11.3 Å². The van der Waals surface area contributed by atoms with Crippen molar-refractivity contribution >= 4 is 17.2 Å². The summed E-state index contributed by atoms with van der Waals surface area (Å²) in [6, 6.07) is 16.1. The lowest BCUT2D eigenvalue weighted by Gasteiger charge is -2.09. The van der Waals surface area contributed by atoms with Gasteiger partial charge in [0.25, 0.3) is 0 Å². The zero-order chi connectivity index (χ0) is 17.9. The highest BCUT2D eigenvalue weighted by Crippen LogP contribution is 2.37. The molecule has 0 atom stereocenters. The third-order valence-corrected chi connectivity index (χ3v) is 4.85. The van der Waals surface area contributed by atoms with Gasteiger partial charge in [-0.2, -0.15) is 16.4 Å². The molecule has 130 valence electrons. The van der Waals surface area contributed by atoms with Crippen molar-refractivity contribution in [3.05, 3.63) is 70.9 Å². The molecule has 2 aromatic carbocycles. The van der Waals surface area contributed by atoms with E-state index in [9.17, 15) is 10.2 Å². The number of rotatable bonds is 5. The Bertz CT molecular complexity index is 991. The number of phenols is 2. The van der Waals surface area contributed by atoms with Crippen LogP contribution in [0.25, 0.3) is 22.4 Å². The molecule has 0 aliphatic heterocycles. The standard InChI is InChI=1S/C20H17N3O2S/c24-16-5-1-14(2-6-16)18-19(15-3-7-17(25)8-4-15)22-23-20(18)21-11-13-9-10-26-12-13/h1-10,12,24-25H,11H2,(H2,21,22,23). The number of thiophene rings is 1. The Kier molecular flexibility index (Phi) is 4.33. The number of hydrogen-bond donors (Lipinski definition) is 4. The fraction of sp³-hybridized carbons (Fsp3) is 0.0500. The fourth-order valence-corrected chi connectivity index (χ4v) is 3.46. The number of H-pyrrole nitrogens is 1. The molecule has 2 heterocycles. The Hall–Kier alpha value is -3.25. The van der Waals surface area contributed by atoms with E-state index in [4.69, 9.17) is 0 Å². The summed E-state index contributed by atoms with van der Waals surface area (Å²) in [6.07, 6.45) is 0. The average Bonchev–Trinajstić information content (AvgIpc) is 3.31. The Morgan fingerprint density at radius 2 is 1.54 bits per heavy atom. The number of aromatic amines is 1. The summed E-state index contributed by atoms with van der Waals surface area (Å²) in [5, 5.41) is 34.2. The van der Waals surface area contributed by atoms with Gasteiger partial charge in [0.1, 0.15) is 11.5 Å². The maximum absolute atomic E-state index is 9.60. The van der Waals surface area contributed by atoms with Crippen LogP contribution in [0.4, 0.5) is 5.82 Å². The van der Waals surface area contributed by atoms with Gasteiger partial charge in [0.15, 0.2) is 5.82 Å². The van der Waals surface area contributed by atoms with Crippen LogP contribution in [0.5, 0.6) is 11.5 Å². The lowest BCUT2D eigenvalue weighted by Crippen LogP contribution is -1.99. The first-order valence-electron chi connectivity index (χ1n) is 8.13. The van der Waals surface area contributed by atoms with Gasteiger partial charge in [-0.05, 0) is 64.4 Å². The van der Waals surface area contributed by atoms with Gasteiger partial charge in [-0.3, -0.25) is 5.10 Å². The third kappa shape index (κ3) is 3.27. The molecule has 0 unspecified atom stereocenters. The molecular formula is C20H17N3O2S. The average molecular weight is 363 g/mol. The number of nitrogens with zero attached hydrogens (tertiary/aromatic N) is 1. The van der Waals surface area contributed by atoms with Gasteiger partial charge in [0.2, 0.25) is 0 Å². The molecule has 0 saturated heterocycles. The topological polar surface area (TPSA) is 81.2 Å². The minimum atomic E-state index is 0.218. The summed E-state index contributed by atoms with van der Waals surface area (Å²) < 4.78 is 0. The van der Waals surface area contributed by atoms with E-state index in [1.165, 1.54) is 5.56 Å². The van der Waals surface area contributed by atoms with Gasteiger partial charge in [-0.25, -0.2) is 0 Å². The second kappa shape index (κ2) is 6.93. The van der Waals surface area contributed by atoms with Crippen molar-refractivity contribution in [2.75, 3.05) is 5.32 Å². The van der Waals surface area contributed by atoms with E-state index in [1.54, 1.807) is 35.6 Å². The van der Waals surface area contributed by atoms with Crippen molar-refractivity contribution in [1.29, 1.82) is 0 Å². The van der Waals surface area contributed by atoms with E-state index in [1.807, 2.05) is 29.6 Å². The monoisotopic (exact) mass is 363 g/mol. The summed E-state index contributed by atoms with van der Waals surface area (Å²) in [4.78, 5) is 0. The number of aromatic nitrogens is 2. The van der Waals surface area contributed by atoms with Crippen molar-refractivity contribution in [2.45, 2.75) is 6.54 Å². The van der Waals surface area contributed by atoms with E-state index in [0.717, 1.165) is 28.2 Å². The van der Waals surface area contributed by atoms with Crippen molar-refractivity contribution in [1.82, 2.24) is 10.2 Å². The van der Waals surface area contributed by atoms with E-state index < -0.39 is 0 Å². The van der Waals surface area contributed by atoms with Crippen molar-refractivity contribution < 1.29 is 10.2 Å². The molecule has 0 amide bonds. The quantitative estimate of drug-likeness (QED) is 0.409. The summed E-state index contributed by atoms with van der Waals surface area (Å²) in [6.45, 7) is 0.675. The smallest absolute Gasteiger partial charge is 0.156 e. The van der Waals surface area contributed by atoms with Crippen molar-refractivity contribution in [3.8, 4) is 33.9 Å². The molecule has 0 aliphatic carbocycles. The van der Waals surface area contributed by atoms with Crippen LogP contribution < -0.4 is 5.32 Å². The molecule has 4 N–H and O–H groups in total. The number of anilines is 1. The SMILES string of the molecule is Oc1ccc(-c2[nH]nc(NCc3ccsc3)c2-c2ccc(O)cc2)cc1. The summed E-state index contributed by atoms with van der Waals surface area (Å²) in [7, 11) is 0. The Balaban J connectivity index is 1.76. The van der Waals surface area contributed by atoms with E-state index >= 15 is 0 Å². The molecule has 6 heteroatoms. The zero-order valence-corrected chi connectivity index (χ0v) is 14.6. The first-order chi connectivity index (χ1) is 12.7. The number of phenolic OH excluding ortho intramolecular Hbond substituents is 2.